The summed E-state index contributed by atoms with van der Waals surface area (Å²) in [6.07, 6.45) is -1.30. The molecule has 136 valence electrons. The summed E-state index contributed by atoms with van der Waals surface area (Å²) in [6.45, 7) is 0.560. The van der Waals surface area contributed by atoms with Crippen molar-refractivity contribution in [1.82, 2.24) is 4.90 Å². The molecule has 2 aromatic rings. The van der Waals surface area contributed by atoms with Gasteiger partial charge in [-0.25, -0.2) is 4.79 Å². The Morgan fingerprint density at radius 2 is 1.46 bits per heavy atom. The number of aliphatic hydroxyl groups is 2. The number of nitrogens with zero attached hydrogens (tertiary/aromatic N) is 1. The topological polar surface area (TPSA) is 87.1 Å². The van der Waals surface area contributed by atoms with Gasteiger partial charge in [0.25, 0.3) is 5.91 Å². The molecule has 0 saturated carbocycles. The van der Waals surface area contributed by atoms with E-state index in [4.69, 9.17) is 0 Å². The summed E-state index contributed by atoms with van der Waals surface area (Å²) < 4.78 is 4.68. The average Bonchev–Trinajstić information content (AvgIpc) is 2.69. The van der Waals surface area contributed by atoms with Gasteiger partial charge in [0.05, 0.1) is 24.9 Å². The molecule has 26 heavy (non-hydrogen) atoms. The zero-order chi connectivity index (χ0) is 18.7. The zero-order valence-electron chi connectivity index (χ0n) is 14.5. The number of hydrogen-bond donors (Lipinski definition) is 2. The summed E-state index contributed by atoms with van der Waals surface area (Å²) >= 11 is 0. The van der Waals surface area contributed by atoms with Crippen LogP contribution in [0.15, 0.2) is 48.5 Å². The zero-order valence-corrected chi connectivity index (χ0v) is 14.5. The molecule has 0 spiro atoms. The Labute approximate surface area is 151 Å². The van der Waals surface area contributed by atoms with Gasteiger partial charge >= 0.3 is 5.97 Å². The highest BCUT2D eigenvalue weighted by atomic mass is 16.5. The van der Waals surface area contributed by atoms with Crippen molar-refractivity contribution in [2.45, 2.75) is 18.6 Å². The normalized spacial score (nSPS) is 19.9. The fraction of sp³-hybridized carbons (Fsp3) is 0.300. The van der Waals surface area contributed by atoms with Crippen molar-refractivity contribution >= 4 is 11.9 Å². The highest BCUT2D eigenvalue weighted by Crippen LogP contribution is 2.22. The smallest absolute Gasteiger partial charge is 0.337 e. The van der Waals surface area contributed by atoms with Gasteiger partial charge in [0, 0.05) is 18.7 Å². The Hall–Kier alpha value is -2.70. The SMILES string of the molecule is COC(=O)c1ccc(-c2ccc(C(=O)N3CCC(O)C(O)C3)cc2)cc1. The van der Waals surface area contributed by atoms with Crippen LogP contribution in [0.1, 0.15) is 27.1 Å². The molecular formula is C20H21NO5. The number of esters is 1. The first-order valence-electron chi connectivity index (χ1n) is 8.44. The maximum Gasteiger partial charge on any atom is 0.337 e. The summed E-state index contributed by atoms with van der Waals surface area (Å²) in [4.78, 5) is 25.6. The second kappa shape index (κ2) is 7.68. The summed E-state index contributed by atoms with van der Waals surface area (Å²) in [5.41, 5.74) is 2.86. The first kappa shape index (κ1) is 18.1. The van der Waals surface area contributed by atoms with Crippen molar-refractivity contribution in [3.05, 3.63) is 59.7 Å². The molecule has 1 amide bonds. The summed E-state index contributed by atoms with van der Waals surface area (Å²) in [7, 11) is 1.34. The van der Waals surface area contributed by atoms with E-state index in [1.807, 2.05) is 24.3 Å². The highest BCUT2D eigenvalue weighted by molar-refractivity contribution is 5.95. The minimum Gasteiger partial charge on any atom is -0.465 e. The molecule has 2 aromatic carbocycles. The van der Waals surface area contributed by atoms with Crippen molar-refractivity contribution in [2.75, 3.05) is 20.2 Å². The van der Waals surface area contributed by atoms with Crippen LogP contribution < -0.4 is 0 Å². The number of hydrogen-bond acceptors (Lipinski definition) is 5. The number of aliphatic hydroxyl groups excluding tert-OH is 2. The largest absolute Gasteiger partial charge is 0.465 e. The van der Waals surface area contributed by atoms with Crippen molar-refractivity contribution in [3.63, 3.8) is 0 Å². The lowest BCUT2D eigenvalue weighted by Gasteiger charge is -2.33. The molecule has 0 radical (unpaired) electrons. The van der Waals surface area contributed by atoms with Crippen LogP contribution in [0.25, 0.3) is 11.1 Å². The molecule has 1 aliphatic rings. The lowest BCUT2D eigenvalue weighted by atomic mass is 10.0. The molecule has 0 aliphatic carbocycles. The molecule has 2 N–H and O–H groups in total. The maximum atomic E-state index is 12.5. The second-order valence-electron chi connectivity index (χ2n) is 6.32. The molecule has 1 saturated heterocycles. The van der Waals surface area contributed by atoms with Gasteiger partial charge in [-0.3, -0.25) is 4.79 Å². The Morgan fingerprint density at radius 1 is 0.923 bits per heavy atom. The number of methoxy groups -OCH3 is 1. The first-order valence-corrected chi connectivity index (χ1v) is 8.44. The van der Waals surface area contributed by atoms with E-state index in [0.29, 0.717) is 24.1 Å². The van der Waals surface area contributed by atoms with Crippen molar-refractivity contribution < 1.29 is 24.5 Å². The van der Waals surface area contributed by atoms with Crippen molar-refractivity contribution in [1.29, 1.82) is 0 Å². The highest BCUT2D eigenvalue weighted by Gasteiger charge is 2.29. The van der Waals surface area contributed by atoms with Crippen LogP contribution in [0.4, 0.5) is 0 Å². The Morgan fingerprint density at radius 3 is 1.96 bits per heavy atom. The van der Waals surface area contributed by atoms with Crippen LogP contribution in [0.3, 0.4) is 0 Å². The van der Waals surface area contributed by atoms with E-state index in [1.165, 1.54) is 7.11 Å². The molecule has 1 heterocycles. The van der Waals surface area contributed by atoms with Gasteiger partial charge in [0.1, 0.15) is 0 Å². The Balaban J connectivity index is 1.72. The molecule has 2 unspecified atom stereocenters. The second-order valence-corrected chi connectivity index (χ2v) is 6.32. The molecule has 1 aliphatic heterocycles. The third-order valence-electron chi connectivity index (χ3n) is 4.60. The van der Waals surface area contributed by atoms with Gasteiger partial charge in [0.2, 0.25) is 0 Å². The number of piperidine rings is 1. The van der Waals surface area contributed by atoms with Gasteiger partial charge in [0.15, 0.2) is 0 Å². The lowest BCUT2D eigenvalue weighted by molar-refractivity contribution is -0.0321. The van der Waals surface area contributed by atoms with E-state index in [9.17, 15) is 19.8 Å². The fourth-order valence-corrected chi connectivity index (χ4v) is 3.01. The van der Waals surface area contributed by atoms with E-state index in [0.717, 1.165) is 11.1 Å². The fourth-order valence-electron chi connectivity index (χ4n) is 3.01. The third-order valence-corrected chi connectivity index (χ3v) is 4.60. The number of ether oxygens (including phenoxy) is 1. The van der Waals surface area contributed by atoms with Gasteiger partial charge in [-0.2, -0.15) is 0 Å². The van der Waals surface area contributed by atoms with Crippen LogP contribution in [-0.4, -0.2) is 59.4 Å². The summed E-state index contributed by atoms with van der Waals surface area (Å²) in [5, 5.41) is 19.3. The first-order chi connectivity index (χ1) is 12.5. The average molecular weight is 355 g/mol. The molecule has 0 bridgehead atoms. The van der Waals surface area contributed by atoms with E-state index in [2.05, 4.69) is 4.74 Å². The summed E-state index contributed by atoms with van der Waals surface area (Å²) in [6, 6.07) is 14.2. The van der Waals surface area contributed by atoms with Gasteiger partial charge in [-0.05, 0) is 41.8 Å². The van der Waals surface area contributed by atoms with Crippen LogP contribution in [0.2, 0.25) is 0 Å². The van der Waals surface area contributed by atoms with Gasteiger partial charge in [-0.15, -0.1) is 0 Å². The minimum absolute atomic E-state index is 0.136. The Kier molecular flexibility index (Phi) is 5.35. The van der Waals surface area contributed by atoms with E-state index >= 15 is 0 Å². The standard InChI is InChI=1S/C20H21NO5/c1-26-20(25)16-8-4-14(5-9-16)13-2-6-15(7-3-13)19(24)21-11-10-17(22)18(23)12-21/h2-9,17-18,22-23H,10-12H2,1H3. The number of rotatable bonds is 3. The monoisotopic (exact) mass is 355 g/mol. The summed E-state index contributed by atoms with van der Waals surface area (Å²) in [5.74, 6) is -0.546. The quantitative estimate of drug-likeness (QED) is 0.819. The number of likely N-dealkylation sites (tertiary alicyclic amines) is 1. The number of carbonyl (C=O) groups is 2. The molecule has 3 rings (SSSR count). The predicted molar refractivity (Wildman–Crippen MR) is 95.8 cm³/mol. The van der Waals surface area contributed by atoms with Crippen LogP contribution in [0.5, 0.6) is 0 Å². The van der Waals surface area contributed by atoms with E-state index in [-0.39, 0.29) is 18.4 Å². The molecule has 0 aromatic heterocycles. The number of carbonyl (C=O) groups excluding carboxylic acids is 2. The van der Waals surface area contributed by atoms with Crippen LogP contribution in [-0.2, 0) is 4.74 Å². The van der Waals surface area contributed by atoms with Crippen molar-refractivity contribution in [3.8, 4) is 11.1 Å². The molecule has 1 fully saturated rings. The Bertz CT molecular complexity index is 785. The van der Waals surface area contributed by atoms with Crippen LogP contribution in [0, 0.1) is 0 Å². The van der Waals surface area contributed by atoms with E-state index < -0.39 is 12.2 Å². The molecule has 6 nitrogen and oxygen atoms in total. The molecule has 6 heteroatoms. The number of benzene rings is 2. The third kappa shape index (κ3) is 3.76. The maximum absolute atomic E-state index is 12.5. The van der Waals surface area contributed by atoms with Crippen molar-refractivity contribution in [2.24, 2.45) is 0 Å². The molecule has 2 atom stereocenters. The number of β-amino-alcohol motifs (C(OH)–C–C–N with tert-alkyl or cyclic N) is 1. The lowest BCUT2D eigenvalue weighted by Crippen LogP contribution is -2.48. The predicted octanol–water partition coefficient (Wildman–Crippen LogP) is 1.71. The minimum atomic E-state index is -0.903. The van der Waals surface area contributed by atoms with Crippen LogP contribution >= 0.6 is 0 Å². The molecular weight excluding hydrogens is 334 g/mol. The van der Waals surface area contributed by atoms with Gasteiger partial charge in [-0.1, -0.05) is 24.3 Å². The van der Waals surface area contributed by atoms with E-state index in [1.54, 1.807) is 29.2 Å². The van der Waals surface area contributed by atoms with Gasteiger partial charge < -0.3 is 19.8 Å². The number of amides is 1.